The molecular formula is C13H19Br. The molecule has 1 rings (SSSR count). The Morgan fingerprint density at radius 3 is 2.07 bits per heavy atom. The minimum atomic E-state index is 0.446. The number of halogens is 1. The molecule has 0 atom stereocenters. The van der Waals surface area contributed by atoms with Gasteiger partial charge in [0.05, 0.1) is 0 Å². The van der Waals surface area contributed by atoms with Crippen LogP contribution >= 0.6 is 15.9 Å². The Morgan fingerprint density at radius 1 is 1.07 bits per heavy atom. The number of hydrogen-bond donors (Lipinski definition) is 0. The van der Waals surface area contributed by atoms with Crippen LogP contribution in [-0.4, -0.2) is 5.33 Å². The van der Waals surface area contributed by atoms with E-state index in [1.54, 1.807) is 0 Å². The van der Waals surface area contributed by atoms with E-state index >= 15 is 0 Å². The molecule has 1 aromatic carbocycles. The van der Waals surface area contributed by atoms with Crippen molar-refractivity contribution in [2.45, 2.75) is 33.1 Å². The molecule has 1 heteroatoms. The second kappa shape index (κ2) is 5.55. The predicted octanol–water partition coefficient (Wildman–Crippen LogP) is 4.43. The standard InChI is InChI=1S/C13H19Br/c1-3-13(4-2,11-14)10-12-8-6-5-7-9-12/h5-9H,3-4,10-11H2,1-2H3. The second-order valence-corrected chi connectivity index (χ2v) is 4.56. The number of alkyl halides is 1. The average Bonchev–Trinajstić information content (AvgIpc) is 2.28. The highest BCUT2D eigenvalue weighted by Crippen LogP contribution is 2.32. The number of hydrogen-bond acceptors (Lipinski definition) is 0. The van der Waals surface area contributed by atoms with Gasteiger partial charge >= 0.3 is 0 Å². The molecule has 0 unspecified atom stereocenters. The smallest absolute Gasteiger partial charge is 0.00909 e. The Bertz CT molecular complexity index is 241. The molecule has 0 aromatic heterocycles. The molecule has 1 aromatic rings. The van der Waals surface area contributed by atoms with Crippen LogP contribution in [-0.2, 0) is 6.42 Å². The zero-order valence-electron chi connectivity index (χ0n) is 9.09. The minimum absolute atomic E-state index is 0.446. The normalized spacial score (nSPS) is 11.6. The molecule has 0 heterocycles. The van der Waals surface area contributed by atoms with Crippen molar-refractivity contribution in [2.24, 2.45) is 5.41 Å². The monoisotopic (exact) mass is 254 g/mol. The van der Waals surface area contributed by atoms with E-state index in [4.69, 9.17) is 0 Å². The van der Waals surface area contributed by atoms with Crippen molar-refractivity contribution in [2.75, 3.05) is 5.33 Å². The molecule has 0 amide bonds. The van der Waals surface area contributed by atoms with Gasteiger partial charge in [-0.3, -0.25) is 0 Å². The second-order valence-electron chi connectivity index (χ2n) is 4.00. The van der Waals surface area contributed by atoms with Crippen LogP contribution in [0, 0.1) is 5.41 Å². The lowest BCUT2D eigenvalue weighted by molar-refractivity contribution is 0.307. The highest BCUT2D eigenvalue weighted by molar-refractivity contribution is 9.09. The van der Waals surface area contributed by atoms with Gasteiger partial charge in [-0.25, -0.2) is 0 Å². The molecule has 0 aliphatic rings. The Hall–Kier alpha value is -0.300. The third kappa shape index (κ3) is 2.84. The van der Waals surface area contributed by atoms with Gasteiger partial charge in [0, 0.05) is 5.33 Å². The Balaban J connectivity index is 2.74. The molecule has 0 N–H and O–H groups in total. The van der Waals surface area contributed by atoms with Crippen molar-refractivity contribution >= 4 is 15.9 Å². The van der Waals surface area contributed by atoms with Crippen LogP contribution in [0.5, 0.6) is 0 Å². The predicted molar refractivity (Wildman–Crippen MR) is 67.0 cm³/mol. The third-order valence-corrected chi connectivity index (χ3v) is 4.39. The summed E-state index contributed by atoms with van der Waals surface area (Å²) in [4.78, 5) is 0. The summed E-state index contributed by atoms with van der Waals surface area (Å²) >= 11 is 3.65. The fraction of sp³-hybridized carbons (Fsp3) is 0.538. The average molecular weight is 255 g/mol. The molecule has 0 saturated carbocycles. The molecule has 78 valence electrons. The van der Waals surface area contributed by atoms with Crippen molar-refractivity contribution in [1.29, 1.82) is 0 Å². The van der Waals surface area contributed by atoms with Crippen LogP contribution in [0.4, 0.5) is 0 Å². The van der Waals surface area contributed by atoms with E-state index in [1.165, 1.54) is 24.8 Å². The van der Waals surface area contributed by atoms with E-state index in [0.29, 0.717) is 5.41 Å². The summed E-state index contributed by atoms with van der Waals surface area (Å²) in [5.74, 6) is 0. The van der Waals surface area contributed by atoms with Crippen LogP contribution < -0.4 is 0 Å². The zero-order valence-corrected chi connectivity index (χ0v) is 10.7. The van der Waals surface area contributed by atoms with E-state index in [1.807, 2.05) is 0 Å². The number of rotatable bonds is 5. The first kappa shape index (κ1) is 11.8. The largest absolute Gasteiger partial charge is 0.0922 e. The highest BCUT2D eigenvalue weighted by Gasteiger charge is 2.24. The van der Waals surface area contributed by atoms with Gasteiger partial charge in [0.25, 0.3) is 0 Å². The van der Waals surface area contributed by atoms with Crippen molar-refractivity contribution in [3.05, 3.63) is 35.9 Å². The molecule has 0 bridgehead atoms. The quantitative estimate of drug-likeness (QED) is 0.683. The first-order chi connectivity index (χ1) is 6.76. The highest BCUT2D eigenvalue weighted by atomic mass is 79.9. The van der Waals surface area contributed by atoms with Gasteiger partial charge < -0.3 is 0 Å². The SMILES string of the molecule is CCC(CC)(CBr)Cc1ccccc1. The van der Waals surface area contributed by atoms with Gasteiger partial charge in [-0.2, -0.15) is 0 Å². The first-order valence-electron chi connectivity index (χ1n) is 5.36. The lowest BCUT2D eigenvalue weighted by Crippen LogP contribution is -2.23. The topological polar surface area (TPSA) is 0 Å². The molecule has 0 nitrogen and oxygen atoms in total. The lowest BCUT2D eigenvalue weighted by Gasteiger charge is -2.29. The fourth-order valence-corrected chi connectivity index (χ4v) is 2.76. The van der Waals surface area contributed by atoms with E-state index in [-0.39, 0.29) is 0 Å². The molecule has 14 heavy (non-hydrogen) atoms. The van der Waals surface area contributed by atoms with Gasteiger partial charge in [0.1, 0.15) is 0 Å². The van der Waals surface area contributed by atoms with Gasteiger partial charge in [0.15, 0.2) is 0 Å². The summed E-state index contributed by atoms with van der Waals surface area (Å²) < 4.78 is 0. The third-order valence-electron chi connectivity index (χ3n) is 3.21. The fourth-order valence-electron chi connectivity index (χ4n) is 1.77. The molecule has 0 aliphatic carbocycles. The summed E-state index contributed by atoms with van der Waals surface area (Å²) in [5, 5.41) is 1.10. The molecular weight excluding hydrogens is 236 g/mol. The minimum Gasteiger partial charge on any atom is -0.0922 e. The maximum Gasteiger partial charge on any atom is 0.00909 e. The molecule has 0 saturated heterocycles. The van der Waals surface area contributed by atoms with Crippen molar-refractivity contribution in [1.82, 2.24) is 0 Å². The maximum absolute atomic E-state index is 3.65. The molecule has 0 fully saturated rings. The van der Waals surface area contributed by atoms with E-state index in [0.717, 1.165) is 5.33 Å². The van der Waals surface area contributed by atoms with Crippen LogP contribution in [0.2, 0.25) is 0 Å². The summed E-state index contributed by atoms with van der Waals surface area (Å²) in [6.45, 7) is 4.57. The van der Waals surface area contributed by atoms with Gasteiger partial charge in [-0.15, -0.1) is 0 Å². The van der Waals surface area contributed by atoms with Gasteiger partial charge in [-0.1, -0.05) is 60.1 Å². The molecule has 0 radical (unpaired) electrons. The van der Waals surface area contributed by atoms with Gasteiger partial charge in [0.2, 0.25) is 0 Å². The Morgan fingerprint density at radius 2 is 1.64 bits per heavy atom. The van der Waals surface area contributed by atoms with E-state index < -0.39 is 0 Å². The van der Waals surface area contributed by atoms with Crippen molar-refractivity contribution in [3.63, 3.8) is 0 Å². The first-order valence-corrected chi connectivity index (χ1v) is 6.48. The summed E-state index contributed by atoms with van der Waals surface area (Å²) in [5.41, 5.74) is 1.90. The summed E-state index contributed by atoms with van der Waals surface area (Å²) in [7, 11) is 0. The lowest BCUT2D eigenvalue weighted by atomic mass is 9.79. The summed E-state index contributed by atoms with van der Waals surface area (Å²) in [6, 6.07) is 10.8. The van der Waals surface area contributed by atoms with Crippen LogP contribution in [0.3, 0.4) is 0 Å². The zero-order chi connectivity index (χ0) is 10.4. The molecule has 0 aliphatic heterocycles. The van der Waals surface area contributed by atoms with E-state index in [2.05, 4.69) is 60.1 Å². The molecule has 0 spiro atoms. The number of benzene rings is 1. The summed E-state index contributed by atoms with van der Waals surface area (Å²) in [6.07, 6.45) is 3.67. The Labute approximate surface area is 95.9 Å². The van der Waals surface area contributed by atoms with Crippen LogP contribution in [0.25, 0.3) is 0 Å². The van der Waals surface area contributed by atoms with Gasteiger partial charge in [-0.05, 0) is 30.2 Å². The van der Waals surface area contributed by atoms with Crippen LogP contribution in [0.15, 0.2) is 30.3 Å². The Kier molecular flexibility index (Phi) is 4.67. The van der Waals surface area contributed by atoms with Crippen molar-refractivity contribution < 1.29 is 0 Å². The van der Waals surface area contributed by atoms with Crippen LogP contribution in [0.1, 0.15) is 32.3 Å². The van der Waals surface area contributed by atoms with E-state index in [9.17, 15) is 0 Å². The van der Waals surface area contributed by atoms with Crippen molar-refractivity contribution in [3.8, 4) is 0 Å². The maximum atomic E-state index is 3.65.